The average Bonchev–Trinajstić information content (AvgIpc) is 3.29. The summed E-state index contributed by atoms with van der Waals surface area (Å²) in [6, 6.07) is 11.7. The van der Waals surface area contributed by atoms with Gasteiger partial charge in [-0.3, -0.25) is 4.79 Å². The van der Waals surface area contributed by atoms with Crippen LogP contribution in [0.25, 0.3) is 0 Å². The predicted molar refractivity (Wildman–Crippen MR) is 98.5 cm³/mol. The molecular formula is C19H21ClN4O. The normalized spacial score (nSPS) is 12.0. The largest absolute Gasteiger partial charge is 0.356 e. The quantitative estimate of drug-likeness (QED) is 0.649. The van der Waals surface area contributed by atoms with Crippen LogP contribution < -0.4 is 5.32 Å². The van der Waals surface area contributed by atoms with Gasteiger partial charge in [0.25, 0.3) is 0 Å². The highest BCUT2D eigenvalue weighted by atomic mass is 35.5. The van der Waals surface area contributed by atoms with Gasteiger partial charge in [-0.1, -0.05) is 23.7 Å². The molecule has 0 fully saturated rings. The second-order valence-corrected chi connectivity index (χ2v) is 6.45. The fourth-order valence-electron chi connectivity index (χ4n) is 2.82. The maximum atomic E-state index is 12.4. The van der Waals surface area contributed by atoms with E-state index in [0.29, 0.717) is 18.0 Å². The molecule has 1 amide bonds. The molecule has 2 aromatic heterocycles. The summed E-state index contributed by atoms with van der Waals surface area (Å²) in [5, 5.41) is 3.69. The van der Waals surface area contributed by atoms with Crippen LogP contribution >= 0.6 is 11.6 Å². The zero-order valence-electron chi connectivity index (χ0n) is 13.9. The lowest BCUT2D eigenvalue weighted by Gasteiger charge is -2.18. The molecule has 0 radical (unpaired) electrons. The third kappa shape index (κ3) is 5.22. The molecule has 1 atom stereocenters. The maximum absolute atomic E-state index is 12.4. The van der Waals surface area contributed by atoms with Gasteiger partial charge in [0.2, 0.25) is 5.91 Å². The first kappa shape index (κ1) is 17.3. The van der Waals surface area contributed by atoms with Crippen molar-refractivity contribution < 1.29 is 4.79 Å². The second-order valence-electron chi connectivity index (χ2n) is 6.01. The van der Waals surface area contributed by atoms with Crippen molar-refractivity contribution in [2.24, 2.45) is 0 Å². The molecule has 2 heterocycles. The zero-order valence-corrected chi connectivity index (χ0v) is 14.6. The van der Waals surface area contributed by atoms with Gasteiger partial charge >= 0.3 is 0 Å². The molecule has 2 N–H and O–H groups in total. The molecule has 25 heavy (non-hydrogen) atoms. The van der Waals surface area contributed by atoms with E-state index in [9.17, 15) is 4.79 Å². The van der Waals surface area contributed by atoms with Crippen molar-refractivity contribution >= 4 is 17.5 Å². The lowest BCUT2D eigenvalue weighted by atomic mass is 9.95. The number of nitrogens with one attached hydrogen (secondary N) is 2. The van der Waals surface area contributed by atoms with Crippen molar-refractivity contribution in [3.05, 3.63) is 77.6 Å². The number of aromatic amines is 1. The van der Waals surface area contributed by atoms with Crippen LogP contribution in [-0.4, -0.2) is 27.0 Å². The monoisotopic (exact) mass is 356 g/mol. The number of nitrogens with zero attached hydrogens (tertiary/aromatic N) is 2. The zero-order chi connectivity index (χ0) is 17.5. The van der Waals surface area contributed by atoms with Crippen LogP contribution in [-0.2, 0) is 17.8 Å². The van der Waals surface area contributed by atoms with Gasteiger partial charge in [-0.15, -0.1) is 0 Å². The second kappa shape index (κ2) is 8.53. The van der Waals surface area contributed by atoms with Gasteiger partial charge in [-0.25, -0.2) is 4.98 Å². The van der Waals surface area contributed by atoms with Crippen molar-refractivity contribution in [2.45, 2.75) is 25.3 Å². The fraction of sp³-hybridized carbons (Fsp3) is 0.263. The van der Waals surface area contributed by atoms with E-state index in [0.717, 1.165) is 24.2 Å². The van der Waals surface area contributed by atoms with Gasteiger partial charge in [0.15, 0.2) is 0 Å². The SMILES string of the molecule is O=C(C[C@H](Cn1cccc1)c1ccc(Cl)cc1)NCCc1cnc[nH]1. The summed E-state index contributed by atoms with van der Waals surface area (Å²) in [7, 11) is 0. The first-order valence-corrected chi connectivity index (χ1v) is 8.68. The highest BCUT2D eigenvalue weighted by Gasteiger charge is 2.16. The summed E-state index contributed by atoms with van der Waals surface area (Å²) >= 11 is 5.99. The Morgan fingerprint density at radius 2 is 2.00 bits per heavy atom. The van der Waals surface area contributed by atoms with E-state index in [4.69, 9.17) is 11.6 Å². The van der Waals surface area contributed by atoms with Crippen LogP contribution in [0.4, 0.5) is 0 Å². The Morgan fingerprint density at radius 3 is 2.68 bits per heavy atom. The van der Waals surface area contributed by atoms with Crippen molar-refractivity contribution in [3.8, 4) is 0 Å². The van der Waals surface area contributed by atoms with E-state index < -0.39 is 0 Å². The summed E-state index contributed by atoms with van der Waals surface area (Å²) in [4.78, 5) is 19.4. The van der Waals surface area contributed by atoms with Crippen molar-refractivity contribution in [1.82, 2.24) is 19.9 Å². The number of benzene rings is 1. The lowest BCUT2D eigenvalue weighted by molar-refractivity contribution is -0.121. The molecule has 0 saturated heterocycles. The highest BCUT2D eigenvalue weighted by Crippen LogP contribution is 2.23. The summed E-state index contributed by atoms with van der Waals surface area (Å²) in [6.45, 7) is 1.35. The highest BCUT2D eigenvalue weighted by molar-refractivity contribution is 6.30. The fourth-order valence-corrected chi connectivity index (χ4v) is 2.95. The summed E-state index contributed by atoms with van der Waals surface area (Å²) in [5.41, 5.74) is 2.13. The Labute approximate surface area is 152 Å². The summed E-state index contributed by atoms with van der Waals surface area (Å²) < 4.78 is 2.09. The predicted octanol–water partition coefficient (Wildman–Crippen LogP) is 3.40. The van der Waals surface area contributed by atoms with Crippen molar-refractivity contribution in [2.75, 3.05) is 6.54 Å². The maximum Gasteiger partial charge on any atom is 0.220 e. The Balaban J connectivity index is 1.60. The van der Waals surface area contributed by atoms with Gasteiger partial charge in [-0.2, -0.15) is 0 Å². The van der Waals surface area contributed by atoms with E-state index in [1.54, 1.807) is 12.5 Å². The standard InChI is InChI=1S/C19H21ClN4O/c20-17-5-3-15(4-6-17)16(13-24-9-1-2-10-24)11-19(25)22-8-7-18-12-21-14-23-18/h1-6,9-10,12,14,16H,7-8,11,13H2,(H,21,23)(H,22,25)/t16-/m1/s1. The molecular weight excluding hydrogens is 336 g/mol. The number of aromatic nitrogens is 3. The van der Waals surface area contributed by atoms with E-state index >= 15 is 0 Å². The molecule has 1 aromatic carbocycles. The van der Waals surface area contributed by atoms with Crippen LogP contribution in [0.2, 0.25) is 5.02 Å². The number of rotatable bonds is 8. The number of imidazole rings is 1. The molecule has 0 bridgehead atoms. The van der Waals surface area contributed by atoms with E-state index in [-0.39, 0.29) is 11.8 Å². The third-order valence-corrected chi connectivity index (χ3v) is 4.39. The van der Waals surface area contributed by atoms with Crippen molar-refractivity contribution in [1.29, 1.82) is 0 Å². The first-order valence-electron chi connectivity index (χ1n) is 8.31. The van der Waals surface area contributed by atoms with Crippen LogP contribution in [0.1, 0.15) is 23.6 Å². The smallest absolute Gasteiger partial charge is 0.220 e. The molecule has 3 aromatic rings. The van der Waals surface area contributed by atoms with Crippen LogP contribution in [0.5, 0.6) is 0 Å². The molecule has 0 aliphatic carbocycles. The number of hydrogen-bond acceptors (Lipinski definition) is 2. The number of H-pyrrole nitrogens is 1. The number of hydrogen-bond donors (Lipinski definition) is 2. The number of carbonyl (C=O) groups is 1. The minimum atomic E-state index is 0.0478. The Hall–Kier alpha value is -2.53. The van der Waals surface area contributed by atoms with E-state index in [2.05, 4.69) is 19.9 Å². The lowest BCUT2D eigenvalue weighted by Crippen LogP contribution is -2.28. The van der Waals surface area contributed by atoms with Gasteiger partial charge in [0.1, 0.15) is 0 Å². The first-order chi connectivity index (χ1) is 12.2. The summed E-state index contributed by atoms with van der Waals surface area (Å²) in [5.74, 6) is 0.142. The van der Waals surface area contributed by atoms with Crippen LogP contribution in [0.3, 0.4) is 0 Å². The van der Waals surface area contributed by atoms with Gasteiger partial charge in [0, 0.05) is 61.2 Å². The Morgan fingerprint density at radius 1 is 1.24 bits per heavy atom. The number of amides is 1. The molecule has 0 spiro atoms. The molecule has 0 aliphatic rings. The molecule has 0 saturated carbocycles. The van der Waals surface area contributed by atoms with Gasteiger partial charge < -0.3 is 14.9 Å². The van der Waals surface area contributed by atoms with E-state index in [1.807, 2.05) is 48.8 Å². The molecule has 6 heteroatoms. The van der Waals surface area contributed by atoms with Crippen molar-refractivity contribution in [3.63, 3.8) is 0 Å². The minimum Gasteiger partial charge on any atom is -0.356 e. The number of halogens is 1. The molecule has 5 nitrogen and oxygen atoms in total. The molecule has 0 unspecified atom stereocenters. The molecule has 3 rings (SSSR count). The van der Waals surface area contributed by atoms with Gasteiger partial charge in [-0.05, 0) is 29.8 Å². The Kier molecular flexibility index (Phi) is 5.90. The van der Waals surface area contributed by atoms with Crippen LogP contribution in [0.15, 0.2) is 61.3 Å². The third-order valence-electron chi connectivity index (χ3n) is 4.14. The van der Waals surface area contributed by atoms with Crippen LogP contribution in [0, 0.1) is 0 Å². The molecule has 130 valence electrons. The number of carbonyl (C=O) groups excluding carboxylic acids is 1. The average molecular weight is 357 g/mol. The van der Waals surface area contributed by atoms with Gasteiger partial charge in [0.05, 0.1) is 6.33 Å². The Bertz CT molecular complexity index is 766. The minimum absolute atomic E-state index is 0.0478. The van der Waals surface area contributed by atoms with E-state index in [1.165, 1.54) is 0 Å². The summed E-state index contributed by atoms with van der Waals surface area (Å²) in [6.07, 6.45) is 8.62. The molecule has 0 aliphatic heterocycles. The topological polar surface area (TPSA) is 62.7 Å².